The maximum Gasteiger partial charge on any atom is 0.127 e. The summed E-state index contributed by atoms with van der Waals surface area (Å²) in [6.07, 6.45) is 1.92. The van der Waals surface area contributed by atoms with Crippen LogP contribution in [0.1, 0.15) is 0 Å². The number of hydrogen-bond donors (Lipinski definition) is 3. The lowest BCUT2D eigenvalue weighted by atomic mass is 10.3. The molecule has 0 aliphatic rings. The average Bonchev–Trinajstić information content (AvgIpc) is 2.30. The Bertz CT molecular complexity index is 289. The standard InChI is InChI=1S/C6H12N2O.C6H6O/c1-3-5(7)9-6(8)4-2;7-6-4-2-1-3-5-6/h3-6H,1-2,7-8H2;1-5,7H. The summed E-state index contributed by atoms with van der Waals surface area (Å²) in [5, 5.41) is 8.63. The molecule has 16 heavy (non-hydrogen) atoms. The van der Waals surface area contributed by atoms with Crippen LogP contribution < -0.4 is 11.5 Å². The van der Waals surface area contributed by atoms with Crippen molar-refractivity contribution in [1.29, 1.82) is 0 Å². The van der Waals surface area contributed by atoms with Gasteiger partial charge in [0, 0.05) is 0 Å². The number of aromatic hydroxyl groups is 1. The minimum absolute atomic E-state index is 0.322. The maximum absolute atomic E-state index is 8.63. The minimum Gasteiger partial charge on any atom is -0.508 e. The number of phenols is 1. The number of ether oxygens (including phenoxy) is 1. The summed E-state index contributed by atoms with van der Waals surface area (Å²) in [5.74, 6) is 0.322. The van der Waals surface area contributed by atoms with Crippen molar-refractivity contribution in [2.75, 3.05) is 0 Å². The quantitative estimate of drug-likeness (QED) is 0.530. The van der Waals surface area contributed by atoms with E-state index in [9.17, 15) is 0 Å². The normalized spacial score (nSPS) is 12.9. The number of hydrogen-bond acceptors (Lipinski definition) is 4. The molecule has 5 N–H and O–H groups in total. The highest BCUT2D eigenvalue weighted by Crippen LogP contribution is 2.02. The molecule has 1 aromatic rings. The third-order valence-electron chi connectivity index (χ3n) is 1.54. The molecule has 0 saturated carbocycles. The molecule has 0 radical (unpaired) electrons. The summed E-state index contributed by atoms with van der Waals surface area (Å²) >= 11 is 0. The predicted octanol–water partition coefficient (Wildman–Crippen LogP) is 1.34. The largest absolute Gasteiger partial charge is 0.508 e. The number of benzene rings is 1. The molecule has 0 aromatic heterocycles. The second-order valence-electron chi connectivity index (χ2n) is 2.87. The summed E-state index contributed by atoms with van der Waals surface area (Å²) in [6, 6.07) is 8.71. The molecule has 0 amide bonds. The van der Waals surface area contributed by atoms with Gasteiger partial charge in [-0.2, -0.15) is 0 Å². The third-order valence-corrected chi connectivity index (χ3v) is 1.54. The predicted molar refractivity (Wildman–Crippen MR) is 65.5 cm³/mol. The number of phenolic OH excluding ortho intramolecular Hbond substituents is 1. The van der Waals surface area contributed by atoms with Crippen LogP contribution >= 0.6 is 0 Å². The molecular formula is C12H18N2O2. The van der Waals surface area contributed by atoms with E-state index in [4.69, 9.17) is 21.3 Å². The molecule has 1 rings (SSSR count). The van der Waals surface area contributed by atoms with Gasteiger partial charge in [-0.15, -0.1) is 0 Å². The Labute approximate surface area is 95.8 Å². The van der Waals surface area contributed by atoms with Crippen LogP contribution in [0.25, 0.3) is 0 Å². The van der Waals surface area contributed by atoms with Crippen LogP contribution in [0.4, 0.5) is 0 Å². The van der Waals surface area contributed by atoms with Gasteiger partial charge in [-0.1, -0.05) is 31.4 Å². The van der Waals surface area contributed by atoms with Gasteiger partial charge in [-0.25, -0.2) is 0 Å². The van der Waals surface area contributed by atoms with E-state index < -0.39 is 12.5 Å². The van der Waals surface area contributed by atoms with E-state index in [0.29, 0.717) is 5.75 Å². The number of para-hydroxylation sites is 1. The van der Waals surface area contributed by atoms with Crippen LogP contribution in [0.2, 0.25) is 0 Å². The second kappa shape index (κ2) is 8.67. The zero-order chi connectivity index (χ0) is 12.4. The van der Waals surface area contributed by atoms with Crippen molar-refractivity contribution >= 4 is 0 Å². The van der Waals surface area contributed by atoms with E-state index in [1.54, 1.807) is 24.3 Å². The molecule has 4 nitrogen and oxygen atoms in total. The topological polar surface area (TPSA) is 81.5 Å². The summed E-state index contributed by atoms with van der Waals surface area (Å²) in [6.45, 7) is 6.82. The molecule has 0 saturated heterocycles. The van der Waals surface area contributed by atoms with Crippen LogP contribution in [0, 0.1) is 0 Å². The highest BCUT2D eigenvalue weighted by Gasteiger charge is 1.99. The van der Waals surface area contributed by atoms with E-state index >= 15 is 0 Å². The Morgan fingerprint density at radius 3 is 1.75 bits per heavy atom. The van der Waals surface area contributed by atoms with E-state index in [1.165, 1.54) is 12.2 Å². The van der Waals surface area contributed by atoms with Crippen LogP contribution in [-0.4, -0.2) is 17.6 Å². The van der Waals surface area contributed by atoms with Gasteiger partial charge in [-0.3, -0.25) is 0 Å². The van der Waals surface area contributed by atoms with Gasteiger partial charge in [0.25, 0.3) is 0 Å². The highest BCUT2D eigenvalue weighted by atomic mass is 16.5. The van der Waals surface area contributed by atoms with Crippen molar-refractivity contribution in [3.8, 4) is 5.75 Å². The molecule has 4 heteroatoms. The lowest BCUT2D eigenvalue weighted by Crippen LogP contribution is -2.31. The fourth-order valence-corrected chi connectivity index (χ4v) is 0.721. The molecule has 88 valence electrons. The maximum atomic E-state index is 8.63. The fraction of sp³-hybridized carbons (Fsp3) is 0.167. The first-order chi connectivity index (χ1) is 7.60. The van der Waals surface area contributed by atoms with Crippen LogP contribution in [0.3, 0.4) is 0 Å². The minimum atomic E-state index is -0.502. The van der Waals surface area contributed by atoms with Crippen molar-refractivity contribution < 1.29 is 9.84 Å². The monoisotopic (exact) mass is 222 g/mol. The molecule has 0 fully saturated rings. The van der Waals surface area contributed by atoms with Crippen molar-refractivity contribution in [2.24, 2.45) is 11.5 Å². The molecule has 1 aromatic carbocycles. The van der Waals surface area contributed by atoms with Crippen molar-refractivity contribution in [3.63, 3.8) is 0 Å². The van der Waals surface area contributed by atoms with Gasteiger partial charge < -0.3 is 21.3 Å². The summed E-state index contributed by atoms with van der Waals surface area (Å²) in [4.78, 5) is 0. The summed E-state index contributed by atoms with van der Waals surface area (Å²) < 4.78 is 4.87. The SMILES string of the molecule is C=CC(N)OC(N)C=C.Oc1ccccc1. The fourth-order valence-electron chi connectivity index (χ4n) is 0.721. The van der Waals surface area contributed by atoms with Crippen LogP contribution in [0.15, 0.2) is 55.6 Å². The summed E-state index contributed by atoms with van der Waals surface area (Å²) in [7, 11) is 0. The van der Waals surface area contributed by atoms with E-state index in [2.05, 4.69) is 13.2 Å². The van der Waals surface area contributed by atoms with Crippen molar-refractivity contribution in [1.82, 2.24) is 0 Å². The molecule has 2 unspecified atom stereocenters. The Morgan fingerprint density at radius 1 is 1.06 bits per heavy atom. The zero-order valence-electron chi connectivity index (χ0n) is 9.12. The molecular weight excluding hydrogens is 204 g/mol. The molecule has 0 bridgehead atoms. The van der Waals surface area contributed by atoms with Crippen molar-refractivity contribution in [3.05, 3.63) is 55.6 Å². The molecule has 0 aliphatic heterocycles. The van der Waals surface area contributed by atoms with Crippen LogP contribution in [-0.2, 0) is 4.74 Å². The van der Waals surface area contributed by atoms with Gasteiger partial charge in [-0.05, 0) is 24.3 Å². The first kappa shape index (κ1) is 14.4. The Balaban J connectivity index is 0.000000288. The number of rotatable bonds is 4. The second-order valence-corrected chi connectivity index (χ2v) is 2.87. The average molecular weight is 222 g/mol. The molecule has 0 heterocycles. The Kier molecular flexibility index (Phi) is 7.79. The van der Waals surface area contributed by atoms with Gasteiger partial charge in [0.15, 0.2) is 0 Å². The van der Waals surface area contributed by atoms with Gasteiger partial charge in [0.2, 0.25) is 0 Å². The van der Waals surface area contributed by atoms with E-state index in [1.807, 2.05) is 6.07 Å². The zero-order valence-corrected chi connectivity index (χ0v) is 9.12. The summed E-state index contributed by atoms with van der Waals surface area (Å²) in [5.41, 5.74) is 10.6. The lowest BCUT2D eigenvalue weighted by Gasteiger charge is -2.11. The van der Waals surface area contributed by atoms with Gasteiger partial charge in [0.05, 0.1) is 0 Å². The van der Waals surface area contributed by atoms with E-state index in [-0.39, 0.29) is 0 Å². The number of nitrogens with two attached hydrogens (primary N) is 2. The van der Waals surface area contributed by atoms with Crippen molar-refractivity contribution in [2.45, 2.75) is 12.5 Å². The van der Waals surface area contributed by atoms with E-state index in [0.717, 1.165) is 0 Å². The van der Waals surface area contributed by atoms with Crippen LogP contribution in [0.5, 0.6) is 5.75 Å². The molecule has 0 spiro atoms. The molecule has 0 aliphatic carbocycles. The first-order valence-corrected chi connectivity index (χ1v) is 4.76. The Hall–Kier alpha value is -1.62. The first-order valence-electron chi connectivity index (χ1n) is 4.76. The highest BCUT2D eigenvalue weighted by molar-refractivity contribution is 5.18. The smallest absolute Gasteiger partial charge is 0.127 e. The third kappa shape index (κ3) is 7.75. The molecule has 2 atom stereocenters. The van der Waals surface area contributed by atoms with Gasteiger partial charge >= 0.3 is 0 Å². The Morgan fingerprint density at radius 2 is 1.50 bits per heavy atom. The van der Waals surface area contributed by atoms with Gasteiger partial charge in [0.1, 0.15) is 18.2 Å². The lowest BCUT2D eigenvalue weighted by molar-refractivity contribution is 0.0495.